The van der Waals surface area contributed by atoms with Crippen LogP contribution >= 0.6 is 0 Å². The molecular weight excluding hydrogens is 200 g/mol. The number of hydrogen-bond donors (Lipinski definition) is 2. The van der Waals surface area contributed by atoms with Gasteiger partial charge in [-0.2, -0.15) is 5.10 Å². The molecule has 1 aromatic heterocycles. The molecule has 0 saturated heterocycles. The van der Waals surface area contributed by atoms with Gasteiger partial charge in [0.15, 0.2) is 5.82 Å². The quantitative estimate of drug-likeness (QED) is 0.817. The van der Waals surface area contributed by atoms with Crippen molar-refractivity contribution in [1.29, 1.82) is 0 Å². The Balaban J connectivity index is 1.59. The van der Waals surface area contributed by atoms with E-state index in [2.05, 4.69) is 10.4 Å². The molecule has 1 heterocycles. The van der Waals surface area contributed by atoms with Crippen molar-refractivity contribution in [3.05, 3.63) is 6.20 Å². The normalized spacial score (nSPS) is 32.2. The van der Waals surface area contributed by atoms with Crippen LogP contribution in [0.5, 0.6) is 0 Å². The third-order valence-electron chi connectivity index (χ3n) is 4.27. The molecule has 0 radical (unpaired) electrons. The minimum atomic E-state index is 0.755. The van der Waals surface area contributed by atoms with Gasteiger partial charge in [0.2, 0.25) is 0 Å². The van der Waals surface area contributed by atoms with Crippen LogP contribution in [0.25, 0.3) is 0 Å². The van der Waals surface area contributed by atoms with E-state index in [-0.39, 0.29) is 0 Å². The van der Waals surface area contributed by atoms with E-state index in [0.29, 0.717) is 0 Å². The van der Waals surface area contributed by atoms with Crippen LogP contribution in [-0.4, -0.2) is 16.3 Å². The summed E-state index contributed by atoms with van der Waals surface area (Å²) in [5.74, 6) is 3.67. The summed E-state index contributed by atoms with van der Waals surface area (Å²) < 4.78 is 1.76. The number of hydrogen-bond acceptors (Lipinski definition) is 3. The Morgan fingerprint density at radius 1 is 1.50 bits per heavy atom. The van der Waals surface area contributed by atoms with Gasteiger partial charge in [0, 0.05) is 19.8 Å². The summed E-state index contributed by atoms with van der Waals surface area (Å²) in [5, 5.41) is 7.72. The van der Waals surface area contributed by atoms with Crippen molar-refractivity contribution < 1.29 is 0 Å². The van der Waals surface area contributed by atoms with E-state index in [9.17, 15) is 0 Å². The number of nitrogens with one attached hydrogen (secondary N) is 1. The van der Waals surface area contributed by atoms with Gasteiger partial charge in [-0.3, -0.25) is 4.68 Å². The molecule has 0 spiro atoms. The van der Waals surface area contributed by atoms with Crippen LogP contribution in [0.2, 0.25) is 0 Å². The number of fused-ring (bicyclic) bond motifs is 2. The molecule has 0 aromatic carbocycles. The molecule has 2 fully saturated rings. The number of nitrogen functional groups attached to an aromatic ring is 1. The second-order valence-corrected chi connectivity index (χ2v) is 5.42. The lowest BCUT2D eigenvalue weighted by Gasteiger charge is -2.21. The van der Waals surface area contributed by atoms with Crippen LogP contribution in [0, 0.1) is 17.8 Å². The summed E-state index contributed by atoms with van der Waals surface area (Å²) in [4.78, 5) is 0. The first kappa shape index (κ1) is 10.00. The van der Waals surface area contributed by atoms with Gasteiger partial charge >= 0.3 is 0 Å². The minimum Gasteiger partial charge on any atom is -0.394 e. The third-order valence-corrected chi connectivity index (χ3v) is 4.27. The smallest absolute Gasteiger partial charge is 0.171 e. The van der Waals surface area contributed by atoms with Crippen molar-refractivity contribution >= 4 is 11.5 Å². The molecule has 2 aliphatic rings. The first-order chi connectivity index (χ1) is 7.72. The average Bonchev–Trinajstić information content (AvgIpc) is 2.91. The van der Waals surface area contributed by atoms with Crippen LogP contribution in [0.4, 0.5) is 11.5 Å². The largest absolute Gasteiger partial charge is 0.394 e. The van der Waals surface area contributed by atoms with Gasteiger partial charge in [-0.25, -0.2) is 0 Å². The number of nitrogens with zero attached hydrogens (tertiary/aromatic N) is 2. The fraction of sp³-hybridized carbons (Fsp3) is 0.750. The van der Waals surface area contributed by atoms with Crippen molar-refractivity contribution in [2.45, 2.75) is 25.7 Å². The molecule has 2 bridgehead atoms. The highest BCUT2D eigenvalue weighted by Crippen LogP contribution is 2.48. The molecule has 16 heavy (non-hydrogen) atoms. The zero-order valence-corrected chi connectivity index (χ0v) is 9.82. The monoisotopic (exact) mass is 220 g/mol. The van der Waals surface area contributed by atoms with E-state index in [4.69, 9.17) is 5.73 Å². The fourth-order valence-electron chi connectivity index (χ4n) is 3.50. The average molecular weight is 220 g/mol. The molecule has 2 aliphatic carbocycles. The summed E-state index contributed by atoms with van der Waals surface area (Å²) in [6, 6.07) is 0. The highest BCUT2D eigenvalue weighted by molar-refractivity contribution is 5.59. The van der Waals surface area contributed by atoms with Crippen molar-refractivity contribution in [1.82, 2.24) is 9.78 Å². The number of anilines is 2. The maximum absolute atomic E-state index is 5.86. The predicted molar refractivity (Wildman–Crippen MR) is 65.0 cm³/mol. The molecule has 0 amide bonds. The lowest BCUT2D eigenvalue weighted by molar-refractivity contribution is 0.348. The van der Waals surface area contributed by atoms with Crippen molar-refractivity contribution in [2.75, 3.05) is 17.6 Å². The Hall–Kier alpha value is -1.19. The van der Waals surface area contributed by atoms with Crippen molar-refractivity contribution in [2.24, 2.45) is 24.8 Å². The Kier molecular flexibility index (Phi) is 2.30. The highest BCUT2D eigenvalue weighted by Gasteiger charge is 2.39. The molecule has 3 atom stereocenters. The first-order valence-corrected chi connectivity index (χ1v) is 6.25. The number of nitrogens with two attached hydrogens (primary N) is 1. The predicted octanol–water partition coefficient (Wildman–Crippen LogP) is 1.85. The lowest BCUT2D eigenvalue weighted by atomic mass is 9.89. The fourth-order valence-corrected chi connectivity index (χ4v) is 3.50. The Labute approximate surface area is 96.2 Å². The molecule has 2 saturated carbocycles. The van der Waals surface area contributed by atoms with Gasteiger partial charge in [-0.1, -0.05) is 6.42 Å². The Bertz CT molecular complexity index is 384. The van der Waals surface area contributed by atoms with Crippen molar-refractivity contribution in [3.8, 4) is 0 Å². The zero-order chi connectivity index (χ0) is 11.1. The second kappa shape index (κ2) is 3.68. The number of aromatic nitrogens is 2. The molecule has 4 heteroatoms. The van der Waals surface area contributed by atoms with E-state index >= 15 is 0 Å². The maximum atomic E-state index is 5.86. The van der Waals surface area contributed by atoms with Crippen LogP contribution < -0.4 is 11.1 Å². The minimum absolute atomic E-state index is 0.755. The summed E-state index contributed by atoms with van der Waals surface area (Å²) >= 11 is 0. The summed E-state index contributed by atoms with van der Waals surface area (Å²) in [7, 11) is 1.90. The van der Waals surface area contributed by atoms with E-state index in [1.165, 1.54) is 25.7 Å². The first-order valence-electron chi connectivity index (χ1n) is 6.25. The molecule has 3 unspecified atom stereocenters. The molecule has 88 valence electrons. The third kappa shape index (κ3) is 1.66. The zero-order valence-electron chi connectivity index (χ0n) is 9.82. The van der Waals surface area contributed by atoms with Gasteiger partial charge in [0.25, 0.3) is 0 Å². The van der Waals surface area contributed by atoms with Crippen LogP contribution in [-0.2, 0) is 7.05 Å². The molecule has 0 aliphatic heterocycles. The van der Waals surface area contributed by atoms with Crippen molar-refractivity contribution in [3.63, 3.8) is 0 Å². The number of aryl methyl sites for hydroxylation is 1. The summed E-state index contributed by atoms with van der Waals surface area (Å²) in [6.45, 7) is 1.04. The van der Waals surface area contributed by atoms with Gasteiger partial charge in [-0.15, -0.1) is 0 Å². The van der Waals surface area contributed by atoms with E-state index in [0.717, 1.165) is 35.8 Å². The van der Waals surface area contributed by atoms with Gasteiger partial charge < -0.3 is 11.1 Å². The molecule has 4 nitrogen and oxygen atoms in total. The lowest BCUT2D eigenvalue weighted by Crippen LogP contribution is -2.20. The molecule has 3 rings (SSSR count). The van der Waals surface area contributed by atoms with Gasteiger partial charge in [0.1, 0.15) is 0 Å². The van der Waals surface area contributed by atoms with Crippen LogP contribution in [0.15, 0.2) is 6.20 Å². The number of rotatable bonds is 3. The van der Waals surface area contributed by atoms with E-state index < -0.39 is 0 Å². The van der Waals surface area contributed by atoms with Crippen LogP contribution in [0.1, 0.15) is 25.7 Å². The Morgan fingerprint density at radius 3 is 2.94 bits per heavy atom. The Morgan fingerprint density at radius 2 is 2.38 bits per heavy atom. The summed E-state index contributed by atoms with van der Waals surface area (Å²) in [6.07, 6.45) is 7.62. The summed E-state index contributed by atoms with van der Waals surface area (Å²) in [5.41, 5.74) is 6.61. The second-order valence-electron chi connectivity index (χ2n) is 5.42. The molecule has 3 N–H and O–H groups in total. The topological polar surface area (TPSA) is 55.9 Å². The van der Waals surface area contributed by atoms with Crippen LogP contribution in [0.3, 0.4) is 0 Å². The SMILES string of the molecule is Cn1cc(N)c(NCC2CC3CCC2C3)n1. The van der Waals surface area contributed by atoms with E-state index in [1.54, 1.807) is 4.68 Å². The van der Waals surface area contributed by atoms with E-state index in [1.807, 2.05) is 13.2 Å². The maximum Gasteiger partial charge on any atom is 0.171 e. The van der Waals surface area contributed by atoms with Gasteiger partial charge in [0.05, 0.1) is 5.69 Å². The molecular formula is C12H20N4. The molecule has 1 aromatic rings. The highest BCUT2D eigenvalue weighted by atomic mass is 15.3. The van der Waals surface area contributed by atoms with Gasteiger partial charge in [-0.05, 0) is 37.0 Å². The standard InChI is InChI=1S/C12H20N4/c1-16-7-11(13)12(15-16)14-6-10-5-8-2-3-9(10)4-8/h7-10H,2-6,13H2,1H3,(H,14,15).